The number of amides is 2. The summed E-state index contributed by atoms with van der Waals surface area (Å²) < 4.78 is 0.831. The second-order valence-corrected chi connectivity index (χ2v) is 5.81. The Hall–Kier alpha value is -2.74. The number of carbonyl (C=O) groups is 1. The van der Waals surface area contributed by atoms with Gasteiger partial charge in [0.15, 0.2) is 5.82 Å². The summed E-state index contributed by atoms with van der Waals surface area (Å²) >= 11 is 3.38. The van der Waals surface area contributed by atoms with Crippen molar-refractivity contribution < 1.29 is 4.79 Å². The van der Waals surface area contributed by atoms with Crippen molar-refractivity contribution in [3.63, 3.8) is 0 Å². The number of rotatable bonds is 5. The van der Waals surface area contributed by atoms with Gasteiger partial charge in [-0.05, 0) is 40.2 Å². The number of aromatic amines is 1. The average Bonchev–Trinajstić information content (AvgIpc) is 3.07. The molecule has 0 fully saturated rings. The zero-order chi connectivity index (χ0) is 16.8. The van der Waals surface area contributed by atoms with E-state index >= 15 is 0 Å². The number of para-hydroxylation sites is 1. The summed E-state index contributed by atoms with van der Waals surface area (Å²) in [4.78, 5) is 20.3. The number of carbonyl (C=O) groups excluding carboxylic acids is 1. The number of hydrogen-bond donors (Lipinski definition) is 3. The Morgan fingerprint density at radius 3 is 2.75 bits per heavy atom. The molecule has 0 aliphatic heterocycles. The lowest BCUT2D eigenvalue weighted by atomic mass is 10.2. The van der Waals surface area contributed by atoms with Crippen LogP contribution in [-0.4, -0.2) is 32.7 Å². The van der Waals surface area contributed by atoms with Crippen LogP contribution < -0.4 is 10.6 Å². The predicted octanol–water partition coefficient (Wildman–Crippen LogP) is 2.99. The molecule has 0 atom stereocenters. The summed E-state index contributed by atoms with van der Waals surface area (Å²) in [5.41, 5.74) is 1.61. The molecule has 7 nitrogen and oxygen atoms in total. The number of H-pyrrole nitrogens is 1. The van der Waals surface area contributed by atoms with Crippen LogP contribution in [0.25, 0.3) is 11.4 Å². The standard InChI is InChI=1S/C16H15BrN6O/c17-12-3-1-2-4-13(12)20-16(24)19-10-7-14-21-15(23-22-14)11-5-8-18-9-6-11/h1-6,8-9H,7,10H2,(H2,19,20,24)(H,21,22,23). The van der Waals surface area contributed by atoms with Gasteiger partial charge in [-0.15, -0.1) is 0 Å². The van der Waals surface area contributed by atoms with Crippen LogP contribution in [0.1, 0.15) is 5.82 Å². The third kappa shape index (κ3) is 4.17. The lowest BCUT2D eigenvalue weighted by Crippen LogP contribution is -2.30. The van der Waals surface area contributed by atoms with Crippen LogP contribution in [0.5, 0.6) is 0 Å². The average molecular weight is 387 g/mol. The molecule has 2 heterocycles. The zero-order valence-electron chi connectivity index (χ0n) is 12.7. The first-order valence-corrected chi connectivity index (χ1v) is 8.13. The van der Waals surface area contributed by atoms with E-state index in [9.17, 15) is 4.79 Å². The van der Waals surface area contributed by atoms with E-state index < -0.39 is 0 Å². The Labute approximate surface area is 147 Å². The second kappa shape index (κ2) is 7.69. The highest BCUT2D eigenvalue weighted by molar-refractivity contribution is 9.10. The van der Waals surface area contributed by atoms with Gasteiger partial charge in [0.1, 0.15) is 5.82 Å². The first-order chi connectivity index (χ1) is 11.7. The quantitative estimate of drug-likeness (QED) is 0.627. The first kappa shape index (κ1) is 16.1. The minimum atomic E-state index is -0.268. The van der Waals surface area contributed by atoms with Gasteiger partial charge in [0.25, 0.3) is 0 Å². The Morgan fingerprint density at radius 2 is 1.96 bits per heavy atom. The molecule has 3 aromatic rings. The molecule has 0 bridgehead atoms. The number of nitrogens with one attached hydrogen (secondary N) is 3. The molecule has 0 unspecified atom stereocenters. The van der Waals surface area contributed by atoms with Crippen molar-refractivity contribution >= 4 is 27.6 Å². The van der Waals surface area contributed by atoms with E-state index in [1.165, 1.54) is 0 Å². The summed E-state index contributed by atoms with van der Waals surface area (Å²) in [6.07, 6.45) is 3.94. The molecule has 122 valence electrons. The maximum Gasteiger partial charge on any atom is 0.319 e. The van der Waals surface area contributed by atoms with E-state index in [0.29, 0.717) is 24.6 Å². The van der Waals surface area contributed by atoms with Crippen molar-refractivity contribution in [2.24, 2.45) is 0 Å². The third-order valence-electron chi connectivity index (χ3n) is 3.24. The van der Waals surface area contributed by atoms with Crippen molar-refractivity contribution in [2.45, 2.75) is 6.42 Å². The maximum atomic E-state index is 11.9. The molecule has 1 aromatic carbocycles. The lowest BCUT2D eigenvalue weighted by Gasteiger charge is -2.08. The topological polar surface area (TPSA) is 95.6 Å². The second-order valence-electron chi connectivity index (χ2n) is 4.95. The van der Waals surface area contributed by atoms with Crippen LogP contribution in [-0.2, 0) is 6.42 Å². The maximum absolute atomic E-state index is 11.9. The van der Waals surface area contributed by atoms with Crippen LogP contribution in [0, 0.1) is 0 Å². The first-order valence-electron chi connectivity index (χ1n) is 7.33. The molecule has 0 spiro atoms. The molecule has 0 aliphatic carbocycles. The van der Waals surface area contributed by atoms with Gasteiger partial charge >= 0.3 is 6.03 Å². The van der Waals surface area contributed by atoms with E-state index in [0.717, 1.165) is 15.7 Å². The molecule has 8 heteroatoms. The number of benzene rings is 1. The van der Waals surface area contributed by atoms with Gasteiger partial charge in [0, 0.05) is 35.4 Å². The zero-order valence-corrected chi connectivity index (χ0v) is 14.2. The Bertz CT molecular complexity index is 820. The van der Waals surface area contributed by atoms with E-state index in [1.54, 1.807) is 12.4 Å². The number of halogens is 1. The van der Waals surface area contributed by atoms with Crippen LogP contribution in [0.3, 0.4) is 0 Å². The van der Waals surface area contributed by atoms with E-state index in [-0.39, 0.29) is 6.03 Å². The van der Waals surface area contributed by atoms with E-state index in [4.69, 9.17) is 0 Å². The minimum Gasteiger partial charge on any atom is -0.337 e. The van der Waals surface area contributed by atoms with Crippen LogP contribution in [0.15, 0.2) is 53.3 Å². The van der Waals surface area contributed by atoms with Crippen molar-refractivity contribution in [3.05, 3.63) is 59.1 Å². The molecule has 0 radical (unpaired) electrons. The summed E-state index contributed by atoms with van der Waals surface area (Å²) in [7, 11) is 0. The van der Waals surface area contributed by atoms with Crippen molar-refractivity contribution in [2.75, 3.05) is 11.9 Å². The highest BCUT2D eigenvalue weighted by Crippen LogP contribution is 2.20. The van der Waals surface area contributed by atoms with Crippen LogP contribution >= 0.6 is 15.9 Å². The molecule has 3 rings (SSSR count). The van der Waals surface area contributed by atoms with Crippen LogP contribution in [0.2, 0.25) is 0 Å². The van der Waals surface area contributed by atoms with Gasteiger partial charge < -0.3 is 10.6 Å². The molecule has 0 aliphatic rings. The highest BCUT2D eigenvalue weighted by Gasteiger charge is 2.07. The van der Waals surface area contributed by atoms with Gasteiger partial charge in [-0.1, -0.05) is 12.1 Å². The summed E-state index contributed by atoms with van der Waals surface area (Å²) in [6.45, 7) is 0.446. The van der Waals surface area contributed by atoms with Gasteiger partial charge in [-0.3, -0.25) is 10.1 Å². The van der Waals surface area contributed by atoms with E-state index in [2.05, 4.69) is 46.7 Å². The fourth-order valence-electron chi connectivity index (χ4n) is 2.06. The van der Waals surface area contributed by atoms with Crippen molar-refractivity contribution in [3.8, 4) is 11.4 Å². The normalized spacial score (nSPS) is 10.4. The third-order valence-corrected chi connectivity index (χ3v) is 3.93. The number of nitrogens with zero attached hydrogens (tertiary/aromatic N) is 3. The van der Waals surface area contributed by atoms with Gasteiger partial charge in [0.05, 0.1) is 5.69 Å². The summed E-state index contributed by atoms with van der Waals surface area (Å²) in [6, 6.07) is 10.8. The van der Waals surface area contributed by atoms with Gasteiger partial charge in [-0.2, -0.15) is 5.10 Å². The molecule has 2 amide bonds. The van der Waals surface area contributed by atoms with Gasteiger partial charge in [0.2, 0.25) is 0 Å². The molecule has 2 aromatic heterocycles. The van der Waals surface area contributed by atoms with E-state index in [1.807, 2.05) is 36.4 Å². The Kier molecular flexibility index (Phi) is 5.17. The largest absolute Gasteiger partial charge is 0.337 e. The molecule has 24 heavy (non-hydrogen) atoms. The lowest BCUT2D eigenvalue weighted by molar-refractivity contribution is 0.252. The number of anilines is 1. The summed E-state index contributed by atoms with van der Waals surface area (Å²) in [5.74, 6) is 1.33. The molecule has 0 saturated heterocycles. The van der Waals surface area contributed by atoms with Crippen LogP contribution in [0.4, 0.5) is 10.5 Å². The van der Waals surface area contributed by atoms with Crippen molar-refractivity contribution in [1.82, 2.24) is 25.5 Å². The number of hydrogen-bond acceptors (Lipinski definition) is 4. The smallest absolute Gasteiger partial charge is 0.319 e. The predicted molar refractivity (Wildman–Crippen MR) is 94.5 cm³/mol. The fraction of sp³-hybridized carbons (Fsp3) is 0.125. The van der Waals surface area contributed by atoms with Gasteiger partial charge in [-0.25, -0.2) is 9.78 Å². The Balaban J connectivity index is 1.49. The number of pyridine rings is 1. The fourth-order valence-corrected chi connectivity index (χ4v) is 2.44. The number of urea groups is 1. The number of aromatic nitrogens is 4. The van der Waals surface area contributed by atoms with Crippen molar-refractivity contribution in [1.29, 1.82) is 0 Å². The SMILES string of the molecule is O=C(NCCc1nc(-c2ccncc2)n[nH]1)Nc1ccccc1Br. The summed E-state index contributed by atoms with van der Waals surface area (Å²) in [5, 5.41) is 12.6. The molecule has 3 N–H and O–H groups in total. The monoisotopic (exact) mass is 386 g/mol. The highest BCUT2D eigenvalue weighted by atomic mass is 79.9. The molecular formula is C16H15BrN6O. The Morgan fingerprint density at radius 1 is 1.17 bits per heavy atom. The molecule has 0 saturated carbocycles. The minimum absolute atomic E-state index is 0.268. The molecular weight excluding hydrogens is 372 g/mol.